The fraction of sp³-hybridized carbons (Fsp3) is 0.286. The third-order valence-electron chi connectivity index (χ3n) is 6.70. The quantitative estimate of drug-likeness (QED) is 0.324. The Morgan fingerprint density at radius 1 is 1.05 bits per heavy atom. The zero-order valence-corrected chi connectivity index (χ0v) is 22.3. The zero-order chi connectivity index (χ0) is 26.6. The van der Waals surface area contributed by atoms with Crippen molar-refractivity contribution in [2.45, 2.75) is 51.6 Å². The molecule has 1 fully saturated rings. The standard InChI is InChI=1S/C28H25Cl2FN4O2/c1-14-13-33-23(22-7-8-32-27(34-22)28(3,4)37)12-24(14)35-15(2)9-19(25(30)26(35)36)18-11-17(18)16-5-6-21(31)20(29)10-16/h5-10,12-13,17-18,37H,11H2,1-4H3/t17-,18+/m1/s1. The van der Waals surface area contributed by atoms with Crippen molar-refractivity contribution in [3.8, 4) is 17.1 Å². The summed E-state index contributed by atoms with van der Waals surface area (Å²) in [6.07, 6.45) is 4.06. The van der Waals surface area contributed by atoms with E-state index in [-0.39, 0.29) is 33.3 Å². The van der Waals surface area contributed by atoms with Gasteiger partial charge in [-0.15, -0.1) is 0 Å². The molecule has 1 saturated carbocycles. The number of benzene rings is 1. The van der Waals surface area contributed by atoms with Crippen LogP contribution in [0.15, 0.2) is 53.6 Å². The minimum atomic E-state index is -1.21. The highest BCUT2D eigenvalue weighted by Crippen LogP contribution is 2.56. The van der Waals surface area contributed by atoms with Gasteiger partial charge in [0.1, 0.15) is 16.4 Å². The molecule has 0 radical (unpaired) electrons. The van der Waals surface area contributed by atoms with Crippen LogP contribution in [0.4, 0.5) is 4.39 Å². The largest absolute Gasteiger partial charge is 0.382 e. The van der Waals surface area contributed by atoms with E-state index in [2.05, 4.69) is 15.0 Å². The van der Waals surface area contributed by atoms with E-state index < -0.39 is 11.4 Å². The van der Waals surface area contributed by atoms with E-state index in [4.69, 9.17) is 23.2 Å². The number of hydrogen-bond acceptors (Lipinski definition) is 5. The Morgan fingerprint density at radius 2 is 1.81 bits per heavy atom. The topological polar surface area (TPSA) is 80.9 Å². The second-order valence-corrected chi connectivity index (χ2v) is 10.8. The molecule has 0 spiro atoms. The maximum Gasteiger partial charge on any atom is 0.274 e. The van der Waals surface area contributed by atoms with Crippen LogP contribution in [0.5, 0.6) is 0 Å². The molecule has 2 atom stereocenters. The first-order chi connectivity index (χ1) is 17.5. The fourth-order valence-electron chi connectivity index (χ4n) is 4.64. The van der Waals surface area contributed by atoms with Crippen molar-refractivity contribution in [1.29, 1.82) is 0 Å². The molecule has 190 valence electrons. The summed E-state index contributed by atoms with van der Waals surface area (Å²) < 4.78 is 15.2. The summed E-state index contributed by atoms with van der Waals surface area (Å²) in [5, 5.41) is 10.6. The summed E-state index contributed by atoms with van der Waals surface area (Å²) >= 11 is 12.6. The molecule has 4 aromatic rings. The lowest BCUT2D eigenvalue weighted by molar-refractivity contribution is 0.0688. The first kappa shape index (κ1) is 25.5. The molecule has 3 heterocycles. The molecule has 0 saturated heterocycles. The summed E-state index contributed by atoms with van der Waals surface area (Å²) in [6, 6.07) is 10.2. The highest BCUT2D eigenvalue weighted by Gasteiger charge is 2.41. The summed E-state index contributed by atoms with van der Waals surface area (Å²) in [7, 11) is 0. The highest BCUT2D eigenvalue weighted by atomic mass is 35.5. The molecule has 1 aliphatic carbocycles. The summed E-state index contributed by atoms with van der Waals surface area (Å²) in [6.45, 7) is 6.96. The number of aryl methyl sites for hydroxylation is 2. The number of hydrogen-bond donors (Lipinski definition) is 1. The lowest BCUT2D eigenvalue weighted by Gasteiger charge is -2.17. The highest BCUT2D eigenvalue weighted by molar-refractivity contribution is 6.31. The Bertz CT molecular complexity index is 1600. The van der Waals surface area contributed by atoms with Gasteiger partial charge < -0.3 is 5.11 Å². The molecule has 0 unspecified atom stereocenters. The molecule has 5 rings (SSSR count). The maximum absolute atomic E-state index is 13.6. The van der Waals surface area contributed by atoms with Crippen molar-refractivity contribution in [3.05, 3.63) is 103 Å². The van der Waals surface area contributed by atoms with Crippen molar-refractivity contribution < 1.29 is 9.50 Å². The zero-order valence-electron chi connectivity index (χ0n) is 20.8. The number of rotatable bonds is 5. The monoisotopic (exact) mass is 538 g/mol. The van der Waals surface area contributed by atoms with Gasteiger partial charge in [-0.2, -0.15) is 0 Å². The van der Waals surface area contributed by atoms with E-state index >= 15 is 0 Å². The molecule has 3 aromatic heterocycles. The lowest BCUT2D eigenvalue weighted by Crippen LogP contribution is -2.23. The van der Waals surface area contributed by atoms with Crippen LogP contribution >= 0.6 is 23.2 Å². The molecule has 1 aliphatic rings. The van der Waals surface area contributed by atoms with Gasteiger partial charge in [0.05, 0.1) is 22.1 Å². The first-order valence-corrected chi connectivity index (χ1v) is 12.6. The Morgan fingerprint density at radius 3 is 2.51 bits per heavy atom. The smallest absolute Gasteiger partial charge is 0.274 e. The van der Waals surface area contributed by atoms with E-state index in [1.54, 1.807) is 55.1 Å². The van der Waals surface area contributed by atoms with Crippen molar-refractivity contribution in [2.75, 3.05) is 0 Å². The first-order valence-electron chi connectivity index (χ1n) is 11.9. The van der Waals surface area contributed by atoms with Crippen molar-refractivity contribution in [2.24, 2.45) is 0 Å². The molecule has 37 heavy (non-hydrogen) atoms. The van der Waals surface area contributed by atoms with Crippen LogP contribution in [0.2, 0.25) is 10.0 Å². The molecule has 0 aliphatic heterocycles. The van der Waals surface area contributed by atoms with Crippen LogP contribution in [0.3, 0.4) is 0 Å². The summed E-state index contributed by atoms with van der Waals surface area (Å²) in [5.74, 6) is 0.00763. The SMILES string of the molecule is Cc1cnc(-c2ccnc(C(C)(C)O)n2)cc1-n1c(C)cc([C@H]2C[C@@H]2c2ccc(F)c(Cl)c2)c(Cl)c1=O. The third-order valence-corrected chi connectivity index (χ3v) is 7.37. The number of aliphatic hydroxyl groups is 1. The Hall–Kier alpha value is -3.13. The van der Waals surface area contributed by atoms with Crippen LogP contribution in [-0.2, 0) is 5.60 Å². The molecular formula is C28H25Cl2FN4O2. The average molecular weight is 539 g/mol. The Kier molecular flexibility index (Phi) is 6.42. The number of aromatic nitrogens is 4. The average Bonchev–Trinajstić information content (AvgIpc) is 3.64. The number of nitrogens with zero attached hydrogens (tertiary/aromatic N) is 4. The van der Waals surface area contributed by atoms with Crippen LogP contribution in [0.1, 0.15) is 60.3 Å². The van der Waals surface area contributed by atoms with Crippen molar-refractivity contribution in [3.63, 3.8) is 0 Å². The van der Waals surface area contributed by atoms with E-state index in [9.17, 15) is 14.3 Å². The summed E-state index contributed by atoms with van der Waals surface area (Å²) in [4.78, 5) is 26.7. The van der Waals surface area contributed by atoms with Gasteiger partial charge in [0, 0.05) is 18.1 Å². The molecule has 9 heteroatoms. The van der Waals surface area contributed by atoms with E-state index in [1.807, 2.05) is 19.9 Å². The summed E-state index contributed by atoms with van der Waals surface area (Å²) in [5.41, 5.74) is 3.41. The van der Waals surface area contributed by atoms with Gasteiger partial charge in [-0.25, -0.2) is 14.4 Å². The maximum atomic E-state index is 13.6. The Balaban J connectivity index is 1.53. The van der Waals surface area contributed by atoms with Crippen molar-refractivity contribution in [1.82, 2.24) is 19.5 Å². The van der Waals surface area contributed by atoms with Gasteiger partial charge >= 0.3 is 0 Å². The predicted octanol–water partition coefficient (Wildman–Crippen LogP) is 6.25. The number of halogens is 3. The molecule has 0 amide bonds. The minimum Gasteiger partial charge on any atom is -0.382 e. The molecule has 1 aromatic carbocycles. The van der Waals surface area contributed by atoms with E-state index in [1.165, 1.54) is 6.07 Å². The van der Waals surface area contributed by atoms with Gasteiger partial charge in [-0.05, 0) is 93.0 Å². The lowest BCUT2D eigenvalue weighted by atomic mass is 10.0. The van der Waals surface area contributed by atoms with Crippen LogP contribution < -0.4 is 5.56 Å². The fourth-order valence-corrected chi connectivity index (χ4v) is 5.11. The van der Waals surface area contributed by atoms with E-state index in [0.29, 0.717) is 17.1 Å². The molecular weight excluding hydrogens is 514 g/mol. The van der Waals surface area contributed by atoms with Gasteiger partial charge in [0.15, 0.2) is 5.82 Å². The molecule has 6 nitrogen and oxygen atoms in total. The predicted molar refractivity (Wildman–Crippen MR) is 142 cm³/mol. The minimum absolute atomic E-state index is 0.0606. The molecule has 0 bridgehead atoms. The van der Waals surface area contributed by atoms with Crippen LogP contribution in [0.25, 0.3) is 17.1 Å². The Labute approximate surface area is 223 Å². The van der Waals surface area contributed by atoms with Crippen LogP contribution in [-0.4, -0.2) is 24.6 Å². The van der Waals surface area contributed by atoms with E-state index in [0.717, 1.165) is 28.8 Å². The third kappa shape index (κ3) is 4.79. The van der Waals surface area contributed by atoms with Gasteiger partial charge in [0.25, 0.3) is 5.56 Å². The second kappa shape index (κ2) is 9.31. The number of pyridine rings is 2. The normalized spacial score (nSPS) is 17.2. The molecule has 1 N–H and O–H groups in total. The second-order valence-electron chi connectivity index (χ2n) is 10.00. The van der Waals surface area contributed by atoms with Gasteiger partial charge in [-0.1, -0.05) is 29.3 Å². The van der Waals surface area contributed by atoms with Crippen LogP contribution in [0, 0.1) is 19.7 Å². The van der Waals surface area contributed by atoms with Gasteiger partial charge in [-0.3, -0.25) is 14.3 Å². The van der Waals surface area contributed by atoms with Gasteiger partial charge in [0.2, 0.25) is 0 Å². The van der Waals surface area contributed by atoms with Crippen molar-refractivity contribution >= 4 is 23.2 Å².